The maximum absolute atomic E-state index is 12.9. The zero-order valence-corrected chi connectivity index (χ0v) is 14.0. The molecule has 0 saturated heterocycles. The third-order valence-electron chi connectivity index (χ3n) is 3.52. The molecule has 1 aromatic rings. The van der Waals surface area contributed by atoms with Crippen molar-refractivity contribution in [2.24, 2.45) is 4.99 Å². The van der Waals surface area contributed by atoms with Gasteiger partial charge in [-0.1, -0.05) is 26.0 Å². The summed E-state index contributed by atoms with van der Waals surface area (Å²) in [5, 5.41) is 6.58. The lowest BCUT2D eigenvalue weighted by atomic mass is 10.2. The molecule has 0 amide bonds. The number of aliphatic imine (C=N–C) groups is 1. The largest absolute Gasteiger partial charge is 0.357 e. The van der Waals surface area contributed by atoms with E-state index in [0.717, 1.165) is 50.7 Å². The molecule has 0 heterocycles. The first-order valence-corrected chi connectivity index (χ1v) is 8.18. The first kappa shape index (κ1) is 18.4. The number of nitrogens with one attached hydrogen (secondary N) is 2. The molecule has 0 aliphatic heterocycles. The van der Waals surface area contributed by atoms with Gasteiger partial charge in [0.05, 0.1) is 6.54 Å². The van der Waals surface area contributed by atoms with Crippen molar-refractivity contribution >= 4 is 5.96 Å². The number of benzene rings is 1. The maximum Gasteiger partial charge on any atom is 0.191 e. The highest BCUT2D eigenvalue weighted by Crippen LogP contribution is 2.03. The van der Waals surface area contributed by atoms with Crippen molar-refractivity contribution in [1.29, 1.82) is 0 Å². The van der Waals surface area contributed by atoms with Crippen LogP contribution in [0, 0.1) is 5.82 Å². The number of halogens is 1. The average Bonchev–Trinajstić information content (AvgIpc) is 2.54. The molecule has 0 unspecified atom stereocenters. The Balaban J connectivity index is 2.40. The zero-order valence-electron chi connectivity index (χ0n) is 14.0. The molecule has 0 aliphatic rings. The third-order valence-corrected chi connectivity index (χ3v) is 3.52. The van der Waals surface area contributed by atoms with Gasteiger partial charge in [0, 0.05) is 13.1 Å². The summed E-state index contributed by atoms with van der Waals surface area (Å²) in [5.74, 6) is 0.598. The van der Waals surface area contributed by atoms with Gasteiger partial charge in [-0.3, -0.25) is 0 Å². The Labute approximate surface area is 133 Å². The molecule has 0 bridgehead atoms. The van der Waals surface area contributed by atoms with Crippen LogP contribution in [0.25, 0.3) is 0 Å². The van der Waals surface area contributed by atoms with Crippen LogP contribution in [0.1, 0.15) is 32.8 Å². The fourth-order valence-electron chi connectivity index (χ4n) is 2.15. The molecule has 4 nitrogen and oxygen atoms in total. The van der Waals surface area contributed by atoms with Gasteiger partial charge in [0.2, 0.25) is 0 Å². The van der Waals surface area contributed by atoms with Gasteiger partial charge < -0.3 is 15.5 Å². The summed E-state index contributed by atoms with van der Waals surface area (Å²) < 4.78 is 12.9. The first-order valence-electron chi connectivity index (χ1n) is 8.18. The van der Waals surface area contributed by atoms with Crippen molar-refractivity contribution < 1.29 is 4.39 Å². The highest BCUT2D eigenvalue weighted by atomic mass is 19.1. The van der Waals surface area contributed by atoms with Gasteiger partial charge in [0.1, 0.15) is 5.82 Å². The summed E-state index contributed by atoms with van der Waals surface area (Å²) >= 11 is 0. The Kier molecular flexibility index (Phi) is 9.23. The highest BCUT2D eigenvalue weighted by molar-refractivity contribution is 5.79. The predicted octanol–water partition coefficient (Wildman–Crippen LogP) is 2.61. The minimum atomic E-state index is -0.214. The second kappa shape index (κ2) is 11.0. The van der Waals surface area contributed by atoms with Gasteiger partial charge >= 0.3 is 0 Å². The molecule has 0 atom stereocenters. The lowest BCUT2D eigenvalue weighted by molar-refractivity contribution is 0.300. The molecule has 0 radical (unpaired) electrons. The van der Waals surface area contributed by atoms with Crippen LogP contribution in [0.15, 0.2) is 29.3 Å². The van der Waals surface area contributed by atoms with E-state index in [4.69, 9.17) is 0 Å². The molecule has 0 saturated carbocycles. The van der Waals surface area contributed by atoms with Crippen molar-refractivity contribution in [2.45, 2.75) is 33.7 Å². The summed E-state index contributed by atoms with van der Waals surface area (Å²) in [5.41, 5.74) is 1.00. The van der Waals surface area contributed by atoms with Crippen LogP contribution in [0.2, 0.25) is 0 Å². The minimum absolute atomic E-state index is 0.214. The summed E-state index contributed by atoms with van der Waals surface area (Å²) in [6.45, 7) is 12.0. The van der Waals surface area contributed by atoms with E-state index in [9.17, 15) is 4.39 Å². The normalized spacial score (nSPS) is 11.8. The predicted molar refractivity (Wildman–Crippen MR) is 91.6 cm³/mol. The van der Waals surface area contributed by atoms with Crippen LogP contribution >= 0.6 is 0 Å². The molecule has 0 fully saturated rings. The van der Waals surface area contributed by atoms with Gasteiger partial charge in [-0.25, -0.2) is 9.38 Å². The van der Waals surface area contributed by atoms with Crippen molar-refractivity contribution in [3.63, 3.8) is 0 Å². The monoisotopic (exact) mass is 308 g/mol. The molecule has 124 valence electrons. The van der Waals surface area contributed by atoms with Gasteiger partial charge in [0.25, 0.3) is 0 Å². The summed E-state index contributed by atoms with van der Waals surface area (Å²) in [4.78, 5) is 6.94. The van der Waals surface area contributed by atoms with Crippen LogP contribution in [-0.2, 0) is 6.54 Å². The van der Waals surface area contributed by atoms with E-state index < -0.39 is 0 Å². The Hall–Kier alpha value is -1.62. The Morgan fingerprint density at radius 2 is 1.77 bits per heavy atom. The summed E-state index contributed by atoms with van der Waals surface area (Å²) in [6.07, 6.45) is 1.09. The topological polar surface area (TPSA) is 39.7 Å². The number of rotatable bonds is 9. The Morgan fingerprint density at radius 3 is 2.36 bits per heavy atom. The van der Waals surface area contributed by atoms with Crippen molar-refractivity contribution in [2.75, 3.05) is 32.7 Å². The second-order valence-corrected chi connectivity index (χ2v) is 5.13. The summed E-state index contributed by atoms with van der Waals surface area (Å²) in [6, 6.07) is 6.47. The van der Waals surface area contributed by atoms with Crippen LogP contribution in [0.5, 0.6) is 0 Å². The van der Waals surface area contributed by atoms with Crippen molar-refractivity contribution in [3.8, 4) is 0 Å². The lowest BCUT2D eigenvalue weighted by Crippen LogP contribution is -2.38. The molecule has 22 heavy (non-hydrogen) atoms. The Morgan fingerprint density at radius 1 is 1.09 bits per heavy atom. The quantitative estimate of drug-likeness (QED) is 0.418. The molecule has 1 aromatic carbocycles. The van der Waals surface area contributed by atoms with E-state index >= 15 is 0 Å². The van der Waals surface area contributed by atoms with Crippen LogP contribution in [-0.4, -0.2) is 43.6 Å². The number of hydrogen-bond donors (Lipinski definition) is 2. The SMILES string of the molecule is CCNC(=NCc1ccc(F)cc1)NCCCN(CC)CC. The van der Waals surface area contributed by atoms with Crippen LogP contribution in [0.3, 0.4) is 0 Å². The van der Waals surface area contributed by atoms with E-state index in [0.29, 0.717) is 6.54 Å². The fourth-order valence-corrected chi connectivity index (χ4v) is 2.15. The minimum Gasteiger partial charge on any atom is -0.357 e. The molecule has 0 spiro atoms. The Bertz CT molecular complexity index is 427. The van der Waals surface area contributed by atoms with Crippen LogP contribution in [0.4, 0.5) is 4.39 Å². The van der Waals surface area contributed by atoms with E-state index in [-0.39, 0.29) is 5.82 Å². The first-order chi connectivity index (χ1) is 10.7. The molecule has 0 aromatic heterocycles. The van der Waals surface area contributed by atoms with Crippen LogP contribution < -0.4 is 10.6 Å². The van der Waals surface area contributed by atoms with E-state index in [1.54, 1.807) is 12.1 Å². The molecular weight excluding hydrogens is 279 g/mol. The lowest BCUT2D eigenvalue weighted by Gasteiger charge is -2.18. The number of nitrogens with zero attached hydrogens (tertiary/aromatic N) is 2. The van der Waals surface area contributed by atoms with Gasteiger partial charge in [-0.05, 0) is 50.7 Å². The van der Waals surface area contributed by atoms with E-state index in [2.05, 4.69) is 34.4 Å². The average molecular weight is 308 g/mol. The second-order valence-electron chi connectivity index (χ2n) is 5.13. The third kappa shape index (κ3) is 7.41. The molecular formula is C17H29FN4. The number of hydrogen-bond acceptors (Lipinski definition) is 2. The van der Waals surface area contributed by atoms with Crippen molar-refractivity contribution in [3.05, 3.63) is 35.6 Å². The fraction of sp³-hybridized carbons (Fsp3) is 0.588. The standard InChI is InChI=1S/C17H29FN4/c1-4-19-17(20-12-7-13-22(5-2)6-3)21-14-15-8-10-16(18)11-9-15/h8-11H,4-7,12-14H2,1-3H3,(H2,19,20,21). The van der Waals surface area contributed by atoms with Crippen molar-refractivity contribution in [1.82, 2.24) is 15.5 Å². The smallest absolute Gasteiger partial charge is 0.191 e. The van der Waals surface area contributed by atoms with E-state index in [1.165, 1.54) is 12.1 Å². The van der Waals surface area contributed by atoms with Gasteiger partial charge in [-0.15, -0.1) is 0 Å². The maximum atomic E-state index is 12.9. The molecule has 5 heteroatoms. The summed E-state index contributed by atoms with van der Waals surface area (Å²) in [7, 11) is 0. The molecule has 2 N–H and O–H groups in total. The van der Waals surface area contributed by atoms with Gasteiger partial charge in [-0.2, -0.15) is 0 Å². The van der Waals surface area contributed by atoms with E-state index in [1.807, 2.05) is 6.92 Å². The van der Waals surface area contributed by atoms with Gasteiger partial charge in [0.15, 0.2) is 5.96 Å². The molecule has 1 rings (SSSR count). The number of guanidine groups is 1. The highest BCUT2D eigenvalue weighted by Gasteiger charge is 2.00. The molecule has 0 aliphatic carbocycles. The zero-order chi connectivity index (χ0) is 16.2.